The van der Waals surface area contributed by atoms with E-state index >= 15 is 0 Å². The summed E-state index contributed by atoms with van der Waals surface area (Å²) in [6.45, 7) is 6.81. The number of rotatable bonds is 10. The quantitative estimate of drug-likeness (QED) is 0.668. The molecule has 2 rings (SSSR count). The first-order valence-electron chi connectivity index (χ1n) is 8.93. The molecule has 0 saturated carbocycles. The lowest BCUT2D eigenvalue weighted by Gasteiger charge is -2.25. The molecule has 1 N–H and O–H groups in total. The van der Waals surface area contributed by atoms with Gasteiger partial charge in [0.15, 0.2) is 0 Å². The van der Waals surface area contributed by atoms with Gasteiger partial charge in [0.2, 0.25) is 5.91 Å². The van der Waals surface area contributed by atoms with Crippen LogP contribution in [0.25, 0.3) is 0 Å². The van der Waals surface area contributed by atoms with Crippen molar-refractivity contribution in [3.63, 3.8) is 0 Å². The van der Waals surface area contributed by atoms with Gasteiger partial charge in [0.25, 0.3) is 0 Å². The fourth-order valence-electron chi connectivity index (χ4n) is 3.09. The van der Waals surface area contributed by atoms with E-state index in [0.29, 0.717) is 31.2 Å². The lowest BCUT2D eigenvalue weighted by molar-refractivity contribution is -0.129. The molecule has 1 atom stereocenters. The summed E-state index contributed by atoms with van der Waals surface area (Å²) in [5, 5.41) is 3.28. The molecule has 24 heavy (non-hydrogen) atoms. The van der Waals surface area contributed by atoms with Crippen LogP contribution >= 0.6 is 0 Å². The van der Waals surface area contributed by atoms with Crippen LogP contribution in [-0.4, -0.2) is 42.6 Å². The van der Waals surface area contributed by atoms with Crippen molar-refractivity contribution in [2.24, 2.45) is 0 Å². The highest BCUT2D eigenvalue weighted by atomic mass is 19.1. The minimum Gasteiger partial charge on any atom is -0.379 e. The van der Waals surface area contributed by atoms with E-state index in [0.717, 1.165) is 32.4 Å². The molecule has 4 nitrogen and oxygen atoms in total. The summed E-state index contributed by atoms with van der Waals surface area (Å²) in [4.78, 5) is 14.0. The zero-order chi connectivity index (χ0) is 17.4. The molecule has 1 aromatic carbocycles. The van der Waals surface area contributed by atoms with Gasteiger partial charge < -0.3 is 15.0 Å². The van der Waals surface area contributed by atoms with Crippen LogP contribution in [0, 0.1) is 5.82 Å². The number of nitrogens with one attached hydrogen (secondary N) is 1. The Morgan fingerprint density at radius 1 is 1.38 bits per heavy atom. The molecular weight excluding hydrogens is 307 g/mol. The van der Waals surface area contributed by atoms with Gasteiger partial charge in [-0.3, -0.25) is 4.79 Å². The zero-order valence-corrected chi connectivity index (χ0v) is 14.8. The molecule has 134 valence electrons. The molecule has 1 aliphatic rings. The molecule has 1 fully saturated rings. The van der Waals surface area contributed by atoms with Gasteiger partial charge in [0.05, 0.1) is 6.10 Å². The van der Waals surface area contributed by atoms with Gasteiger partial charge in [-0.15, -0.1) is 0 Å². The summed E-state index contributed by atoms with van der Waals surface area (Å²) in [7, 11) is 0. The average molecular weight is 336 g/mol. The summed E-state index contributed by atoms with van der Waals surface area (Å²) in [5.41, 5.74) is 0.683. The predicted molar refractivity (Wildman–Crippen MR) is 93.2 cm³/mol. The summed E-state index contributed by atoms with van der Waals surface area (Å²) in [6.07, 6.45) is 3.58. The molecule has 1 heterocycles. The van der Waals surface area contributed by atoms with E-state index < -0.39 is 0 Å². The van der Waals surface area contributed by atoms with Crippen molar-refractivity contribution in [1.29, 1.82) is 0 Å². The lowest BCUT2D eigenvalue weighted by atomic mass is 10.1. The first-order chi connectivity index (χ1) is 11.6. The van der Waals surface area contributed by atoms with Gasteiger partial charge in [-0.25, -0.2) is 4.39 Å². The second kappa shape index (κ2) is 9.74. The third-order valence-electron chi connectivity index (χ3n) is 4.37. The Labute approximate surface area is 144 Å². The Balaban J connectivity index is 1.68. The first kappa shape index (κ1) is 18.9. The second-order valence-electron chi connectivity index (χ2n) is 6.61. The van der Waals surface area contributed by atoms with Crippen LogP contribution in [-0.2, 0) is 16.1 Å². The molecule has 0 radical (unpaired) electrons. The average Bonchev–Trinajstić information content (AvgIpc) is 2.90. The number of halogens is 1. The van der Waals surface area contributed by atoms with Crippen molar-refractivity contribution in [1.82, 2.24) is 10.2 Å². The first-order valence-corrected chi connectivity index (χ1v) is 8.93. The van der Waals surface area contributed by atoms with E-state index in [1.54, 1.807) is 12.1 Å². The second-order valence-corrected chi connectivity index (χ2v) is 6.61. The molecule has 1 amide bonds. The number of hydrogen-bond acceptors (Lipinski definition) is 3. The van der Waals surface area contributed by atoms with Gasteiger partial charge in [-0.2, -0.15) is 0 Å². The summed E-state index contributed by atoms with van der Waals surface area (Å²) < 4.78 is 19.1. The van der Waals surface area contributed by atoms with Crippen molar-refractivity contribution in [2.75, 3.05) is 19.7 Å². The standard InChI is InChI=1S/C19H29FN2O2/c1-15(2)24-13-5-12-22-17(8-9-19(22)23)10-11-21-14-16-6-3-4-7-18(16)20/h3-4,6-7,15,17,21H,5,8-14H2,1-2H3/t17-/m0/s1. The van der Waals surface area contributed by atoms with Gasteiger partial charge >= 0.3 is 0 Å². The van der Waals surface area contributed by atoms with Crippen LogP contribution < -0.4 is 5.32 Å². The molecule has 0 aromatic heterocycles. The highest BCUT2D eigenvalue weighted by Crippen LogP contribution is 2.21. The number of carbonyl (C=O) groups excluding carboxylic acids is 1. The highest BCUT2D eigenvalue weighted by molar-refractivity contribution is 5.78. The van der Waals surface area contributed by atoms with E-state index in [9.17, 15) is 9.18 Å². The Kier molecular flexibility index (Phi) is 7.66. The maximum absolute atomic E-state index is 13.6. The van der Waals surface area contributed by atoms with Crippen LogP contribution in [0.1, 0.15) is 45.1 Å². The van der Waals surface area contributed by atoms with Crippen LogP contribution in [0.2, 0.25) is 0 Å². The highest BCUT2D eigenvalue weighted by Gasteiger charge is 2.29. The smallest absolute Gasteiger partial charge is 0.222 e. The summed E-state index contributed by atoms with van der Waals surface area (Å²) in [6, 6.07) is 7.11. The SMILES string of the molecule is CC(C)OCCCN1C(=O)CC[C@H]1CCNCc1ccccc1F. The minimum absolute atomic E-state index is 0.173. The van der Waals surface area contributed by atoms with Crippen molar-refractivity contribution in [3.8, 4) is 0 Å². The normalized spacial score (nSPS) is 17.9. The maximum Gasteiger partial charge on any atom is 0.222 e. The van der Waals surface area contributed by atoms with Crippen molar-refractivity contribution in [3.05, 3.63) is 35.6 Å². The molecule has 0 unspecified atom stereocenters. The number of ether oxygens (including phenoxy) is 1. The molecule has 0 bridgehead atoms. The summed E-state index contributed by atoms with van der Waals surface area (Å²) >= 11 is 0. The van der Waals surface area contributed by atoms with E-state index in [1.165, 1.54) is 6.07 Å². The van der Waals surface area contributed by atoms with Gasteiger partial charge in [0.1, 0.15) is 5.82 Å². The predicted octanol–water partition coefficient (Wildman–Crippen LogP) is 3.11. The zero-order valence-electron chi connectivity index (χ0n) is 14.8. The largest absolute Gasteiger partial charge is 0.379 e. The van der Waals surface area contributed by atoms with Crippen LogP contribution in [0.3, 0.4) is 0 Å². The molecular formula is C19H29FN2O2. The van der Waals surface area contributed by atoms with Crippen molar-refractivity contribution >= 4 is 5.91 Å². The molecule has 1 aromatic rings. The number of hydrogen-bond donors (Lipinski definition) is 1. The van der Waals surface area contributed by atoms with E-state index in [2.05, 4.69) is 5.32 Å². The molecule has 1 saturated heterocycles. The molecule has 5 heteroatoms. The Hall–Kier alpha value is -1.46. The minimum atomic E-state index is -0.173. The number of carbonyl (C=O) groups is 1. The molecule has 0 aliphatic carbocycles. The Bertz CT molecular complexity index is 522. The van der Waals surface area contributed by atoms with Gasteiger partial charge in [-0.1, -0.05) is 18.2 Å². The van der Waals surface area contributed by atoms with E-state index in [-0.39, 0.29) is 17.8 Å². The van der Waals surface area contributed by atoms with E-state index in [4.69, 9.17) is 4.74 Å². The number of benzene rings is 1. The molecule has 1 aliphatic heterocycles. The van der Waals surface area contributed by atoms with Gasteiger partial charge in [-0.05, 0) is 45.7 Å². The monoisotopic (exact) mass is 336 g/mol. The number of nitrogens with zero attached hydrogens (tertiary/aromatic N) is 1. The Morgan fingerprint density at radius 3 is 2.92 bits per heavy atom. The number of likely N-dealkylation sites (tertiary alicyclic amines) is 1. The summed E-state index contributed by atoms with van der Waals surface area (Å²) in [5.74, 6) is 0.0754. The topological polar surface area (TPSA) is 41.6 Å². The van der Waals surface area contributed by atoms with Crippen LogP contribution in [0.5, 0.6) is 0 Å². The van der Waals surface area contributed by atoms with Crippen LogP contribution in [0.15, 0.2) is 24.3 Å². The fraction of sp³-hybridized carbons (Fsp3) is 0.632. The van der Waals surface area contributed by atoms with Crippen LogP contribution in [0.4, 0.5) is 4.39 Å². The van der Waals surface area contributed by atoms with E-state index in [1.807, 2.05) is 24.8 Å². The van der Waals surface area contributed by atoms with Crippen molar-refractivity contribution in [2.45, 2.75) is 58.2 Å². The van der Waals surface area contributed by atoms with Gasteiger partial charge in [0, 0.05) is 37.7 Å². The third-order valence-corrected chi connectivity index (χ3v) is 4.37. The third kappa shape index (κ3) is 5.87. The maximum atomic E-state index is 13.6. The molecule has 0 spiro atoms. The number of amides is 1. The van der Waals surface area contributed by atoms with Crippen molar-refractivity contribution < 1.29 is 13.9 Å². The fourth-order valence-corrected chi connectivity index (χ4v) is 3.09. The lowest BCUT2D eigenvalue weighted by Crippen LogP contribution is -2.36. The Morgan fingerprint density at radius 2 is 2.17 bits per heavy atom.